The number of hydrogen-bond acceptors (Lipinski definition) is 4. The van der Waals surface area contributed by atoms with Gasteiger partial charge in [-0.1, -0.05) is 17.7 Å². The summed E-state index contributed by atoms with van der Waals surface area (Å²) in [6.07, 6.45) is 1.72. The zero-order chi connectivity index (χ0) is 13.0. The lowest BCUT2D eigenvalue weighted by atomic mass is 10.2. The van der Waals surface area contributed by atoms with E-state index in [0.29, 0.717) is 11.0 Å². The SMILES string of the molecule is CCNc1nccc(Nc2cc(Cl)ccc2C)n1. The first-order valence-corrected chi connectivity index (χ1v) is 6.17. The largest absolute Gasteiger partial charge is 0.354 e. The van der Waals surface area contributed by atoms with E-state index in [1.807, 2.05) is 38.1 Å². The third-order valence-electron chi connectivity index (χ3n) is 2.45. The van der Waals surface area contributed by atoms with Crippen LogP contribution >= 0.6 is 11.6 Å². The summed E-state index contributed by atoms with van der Waals surface area (Å²) in [6.45, 7) is 4.81. The van der Waals surface area contributed by atoms with Gasteiger partial charge in [-0.25, -0.2) is 4.98 Å². The first-order valence-electron chi connectivity index (χ1n) is 5.79. The van der Waals surface area contributed by atoms with Crippen LogP contribution in [0, 0.1) is 6.92 Å². The van der Waals surface area contributed by atoms with Crippen LogP contribution in [0.3, 0.4) is 0 Å². The lowest BCUT2D eigenvalue weighted by Gasteiger charge is -2.10. The number of rotatable bonds is 4. The van der Waals surface area contributed by atoms with E-state index >= 15 is 0 Å². The molecule has 4 nitrogen and oxygen atoms in total. The van der Waals surface area contributed by atoms with Crippen LogP contribution in [0.25, 0.3) is 0 Å². The molecule has 18 heavy (non-hydrogen) atoms. The fourth-order valence-corrected chi connectivity index (χ4v) is 1.71. The molecule has 0 saturated carbocycles. The Morgan fingerprint density at radius 2 is 2.11 bits per heavy atom. The summed E-state index contributed by atoms with van der Waals surface area (Å²) in [5.41, 5.74) is 2.06. The second kappa shape index (κ2) is 5.69. The van der Waals surface area contributed by atoms with Crippen LogP contribution in [0.2, 0.25) is 5.02 Å². The van der Waals surface area contributed by atoms with Crippen LogP contribution < -0.4 is 10.6 Å². The molecule has 0 atom stereocenters. The summed E-state index contributed by atoms with van der Waals surface area (Å²) < 4.78 is 0. The van der Waals surface area contributed by atoms with E-state index in [2.05, 4.69) is 20.6 Å². The van der Waals surface area contributed by atoms with E-state index in [1.165, 1.54) is 0 Å². The Hall–Kier alpha value is -1.81. The van der Waals surface area contributed by atoms with Crippen LogP contribution in [0.1, 0.15) is 12.5 Å². The van der Waals surface area contributed by atoms with E-state index in [1.54, 1.807) is 6.20 Å². The molecule has 0 saturated heterocycles. The predicted octanol–water partition coefficient (Wildman–Crippen LogP) is 3.61. The monoisotopic (exact) mass is 262 g/mol. The standard InChI is InChI=1S/C13H15ClN4/c1-3-15-13-16-7-6-12(18-13)17-11-8-10(14)5-4-9(11)2/h4-8H,3H2,1-2H3,(H2,15,16,17,18). The topological polar surface area (TPSA) is 49.8 Å². The van der Waals surface area contributed by atoms with Gasteiger partial charge in [0.2, 0.25) is 5.95 Å². The minimum atomic E-state index is 0.613. The van der Waals surface area contributed by atoms with Crippen LogP contribution in [0.15, 0.2) is 30.5 Å². The van der Waals surface area contributed by atoms with Crippen molar-refractivity contribution in [2.24, 2.45) is 0 Å². The zero-order valence-corrected chi connectivity index (χ0v) is 11.1. The summed E-state index contributed by atoms with van der Waals surface area (Å²) in [6, 6.07) is 7.54. The highest BCUT2D eigenvalue weighted by Crippen LogP contribution is 2.23. The lowest BCUT2D eigenvalue weighted by Crippen LogP contribution is -2.04. The van der Waals surface area contributed by atoms with Crippen molar-refractivity contribution < 1.29 is 0 Å². The third kappa shape index (κ3) is 3.11. The van der Waals surface area contributed by atoms with Gasteiger partial charge in [0, 0.05) is 23.5 Å². The van der Waals surface area contributed by atoms with E-state index in [-0.39, 0.29) is 0 Å². The maximum absolute atomic E-state index is 5.98. The van der Waals surface area contributed by atoms with E-state index in [4.69, 9.17) is 11.6 Å². The molecule has 1 heterocycles. The molecule has 1 aromatic carbocycles. The molecule has 0 unspecified atom stereocenters. The van der Waals surface area contributed by atoms with Gasteiger partial charge >= 0.3 is 0 Å². The number of anilines is 3. The maximum Gasteiger partial charge on any atom is 0.224 e. The minimum Gasteiger partial charge on any atom is -0.354 e. The molecule has 0 aliphatic rings. The number of aryl methyl sites for hydroxylation is 1. The number of hydrogen-bond donors (Lipinski definition) is 2. The van der Waals surface area contributed by atoms with Crippen LogP contribution in [-0.4, -0.2) is 16.5 Å². The second-order valence-corrected chi connectivity index (χ2v) is 4.32. The molecule has 0 aliphatic heterocycles. The Morgan fingerprint density at radius 3 is 2.89 bits per heavy atom. The smallest absolute Gasteiger partial charge is 0.224 e. The molecular formula is C13H15ClN4. The lowest BCUT2D eigenvalue weighted by molar-refractivity contribution is 1.09. The number of benzene rings is 1. The van der Waals surface area contributed by atoms with Crippen molar-refractivity contribution >= 4 is 29.1 Å². The summed E-state index contributed by atoms with van der Waals surface area (Å²) in [4.78, 5) is 8.47. The van der Waals surface area contributed by atoms with Gasteiger partial charge in [-0.15, -0.1) is 0 Å². The first kappa shape index (κ1) is 12.6. The third-order valence-corrected chi connectivity index (χ3v) is 2.69. The molecule has 0 spiro atoms. The van der Waals surface area contributed by atoms with Crippen molar-refractivity contribution in [1.82, 2.24) is 9.97 Å². The zero-order valence-electron chi connectivity index (χ0n) is 10.4. The Morgan fingerprint density at radius 1 is 1.28 bits per heavy atom. The fourth-order valence-electron chi connectivity index (χ4n) is 1.54. The molecule has 0 radical (unpaired) electrons. The highest BCUT2D eigenvalue weighted by atomic mass is 35.5. The van der Waals surface area contributed by atoms with Crippen molar-refractivity contribution in [3.63, 3.8) is 0 Å². The van der Waals surface area contributed by atoms with Gasteiger partial charge in [0.25, 0.3) is 0 Å². The Kier molecular flexibility index (Phi) is 3.99. The molecule has 0 fully saturated rings. The molecule has 2 aromatic rings. The van der Waals surface area contributed by atoms with Gasteiger partial charge in [-0.05, 0) is 37.6 Å². The molecule has 5 heteroatoms. The Labute approximate surface area is 111 Å². The minimum absolute atomic E-state index is 0.613. The first-order chi connectivity index (χ1) is 8.69. The Balaban J connectivity index is 2.22. The van der Waals surface area contributed by atoms with E-state index in [9.17, 15) is 0 Å². The highest BCUT2D eigenvalue weighted by molar-refractivity contribution is 6.30. The fraction of sp³-hybridized carbons (Fsp3) is 0.231. The number of nitrogens with zero attached hydrogens (tertiary/aromatic N) is 2. The maximum atomic E-state index is 5.98. The van der Waals surface area contributed by atoms with Crippen molar-refractivity contribution in [3.05, 3.63) is 41.0 Å². The molecule has 1 aromatic heterocycles. The van der Waals surface area contributed by atoms with Crippen LogP contribution in [-0.2, 0) is 0 Å². The number of halogens is 1. The molecule has 0 amide bonds. The van der Waals surface area contributed by atoms with E-state index < -0.39 is 0 Å². The second-order valence-electron chi connectivity index (χ2n) is 3.88. The van der Waals surface area contributed by atoms with Crippen molar-refractivity contribution in [2.45, 2.75) is 13.8 Å². The van der Waals surface area contributed by atoms with Gasteiger partial charge in [-0.2, -0.15) is 4.98 Å². The average Bonchev–Trinajstić information content (AvgIpc) is 2.35. The number of nitrogens with one attached hydrogen (secondary N) is 2. The normalized spacial score (nSPS) is 10.2. The van der Waals surface area contributed by atoms with Crippen molar-refractivity contribution in [2.75, 3.05) is 17.2 Å². The highest BCUT2D eigenvalue weighted by Gasteiger charge is 2.02. The predicted molar refractivity (Wildman–Crippen MR) is 75.7 cm³/mol. The molecule has 0 bridgehead atoms. The molecule has 0 aliphatic carbocycles. The van der Waals surface area contributed by atoms with Crippen LogP contribution in [0.5, 0.6) is 0 Å². The Bertz CT molecular complexity index is 542. The average molecular weight is 263 g/mol. The van der Waals surface area contributed by atoms with Crippen molar-refractivity contribution in [3.8, 4) is 0 Å². The summed E-state index contributed by atoms with van der Waals surface area (Å²) in [5, 5.41) is 7.01. The van der Waals surface area contributed by atoms with Gasteiger partial charge < -0.3 is 10.6 Å². The summed E-state index contributed by atoms with van der Waals surface area (Å²) >= 11 is 5.98. The molecule has 2 rings (SSSR count). The molecular weight excluding hydrogens is 248 g/mol. The molecule has 2 N–H and O–H groups in total. The number of aromatic nitrogens is 2. The van der Waals surface area contributed by atoms with Crippen LogP contribution in [0.4, 0.5) is 17.5 Å². The summed E-state index contributed by atoms with van der Waals surface area (Å²) in [7, 11) is 0. The van der Waals surface area contributed by atoms with Gasteiger partial charge in [0.05, 0.1) is 0 Å². The van der Waals surface area contributed by atoms with Gasteiger partial charge in [-0.3, -0.25) is 0 Å². The van der Waals surface area contributed by atoms with E-state index in [0.717, 1.165) is 23.6 Å². The molecule has 94 valence electrons. The van der Waals surface area contributed by atoms with Crippen molar-refractivity contribution in [1.29, 1.82) is 0 Å². The quantitative estimate of drug-likeness (QED) is 0.884. The van der Waals surface area contributed by atoms with Gasteiger partial charge in [0.15, 0.2) is 0 Å². The summed E-state index contributed by atoms with van der Waals surface area (Å²) in [5.74, 6) is 1.36. The van der Waals surface area contributed by atoms with Gasteiger partial charge in [0.1, 0.15) is 5.82 Å².